The monoisotopic (exact) mass is 566 g/mol. The number of anilines is 1. The van der Waals surface area contributed by atoms with E-state index in [-0.39, 0.29) is 92.6 Å². The Morgan fingerprint density at radius 2 is 1.51 bits per heavy atom. The summed E-state index contributed by atoms with van der Waals surface area (Å²) < 4.78 is 65.5. The van der Waals surface area contributed by atoms with Crippen molar-refractivity contribution < 1.29 is 100 Å². The molecule has 3 aromatic rings. The Labute approximate surface area is 255 Å². The fourth-order valence-corrected chi connectivity index (χ4v) is 4.25. The average Bonchev–Trinajstić information content (AvgIpc) is 2.71. The molecule has 13 nitrogen and oxygen atoms in total. The summed E-state index contributed by atoms with van der Waals surface area (Å²) in [4.78, 5) is 13.6. The van der Waals surface area contributed by atoms with Crippen molar-refractivity contribution in [3.63, 3.8) is 0 Å². The third-order valence-corrected chi connectivity index (χ3v) is 6.11. The van der Waals surface area contributed by atoms with Gasteiger partial charge in [-0.15, -0.1) is 10.2 Å². The first-order valence-electron chi connectivity index (χ1n) is 9.45. The minimum atomic E-state index is -4.84. The van der Waals surface area contributed by atoms with Gasteiger partial charge < -0.3 is 15.5 Å². The molecule has 17 heteroatoms. The van der Waals surface area contributed by atoms with E-state index in [4.69, 9.17) is 0 Å². The predicted molar refractivity (Wildman–Crippen MR) is 121 cm³/mol. The van der Waals surface area contributed by atoms with Crippen LogP contribution in [0, 0.1) is 0 Å². The number of nitrogens with zero attached hydrogens (tertiary/aromatic N) is 3. The van der Waals surface area contributed by atoms with Crippen LogP contribution in [0.1, 0.15) is 13.8 Å². The van der Waals surface area contributed by atoms with Gasteiger partial charge in [0.25, 0.3) is 20.2 Å². The zero-order valence-electron chi connectivity index (χ0n) is 20.0. The normalized spacial score (nSPS) is 12.2. The molecule has 0 saturated carbocycles. The topological polar surface area (TPSA) is 221 Å². The van der Waals surface area contributed by atoms with Crippen molar-refractivity contribution in [1.82, 2.24) is 0 Å². The molecular weight excluding hydrogens is 550 g/mol. The van der Waals surface area contributed by atoms with Crippen LogP contribution >= 0.6 is 0 Å². The predicted octanol–water partition coefficient (Wildman–Crippen LogP) is -3.80. The number of carbonyl (C=O) groups excluding carboxylic acids is 1. The fourth-order valence-electron chi connectivity index (χ4n) is 3.07. The quantitative estimate of drug-likeness (QED) is 0.0874. The van der Waals surface area contributed by atoms with Crippen LogP contribution in [0.25, 0.3) is 10.8 Å². The second kappa shape index (κ2) is 12.8. The third kappa shape index (κ3) is 8.28. The van der Waals surface area contributed by atoms with E-state index in [9.17, 15) is 40.9 Å². The van der Waals surface area contributed by atoms with Crippen molar-refractivity contribution in [2.24, 2.45) is 15.2 Å². The van der Waals surface area contributed by atoms with Gasteiger partial charge >= 0.3 is 59.1 Å². The molecule has 0 aliphatic rings. The molecule has 3 rings (SSSR count). The Kier molecular flexibility index (Phi) is 11.4. The minimum Gasteiger partial charge on any atom is -0.872 e. The SMILES string of the molecule is CC(=O)Nc1ccc(N=Nc2c(N=C(C)[O-])ccc3cc(S(=O)(=O)O)cc([O-])c23)c(S(=O)(=O)O)c1.[Na+].[Na+]. The number of hydrogen-bond donors (Lipinski definition) is 3. The molecule has 184 valence electrons. The summed E-state index contributed by atoms with van der Waals surface area (Å²) in [6, 6.07) is 7.50. The fraction of sp³-hybridized carbons (Fsp3) is 0.100. The molecule has 0 aliphatic heterocycles. The number of amides is 1. The van der Waals surface area contributed by atoms with Crippen molar-refractivity contribution >= 4 is 65.6 Å². The maximum atomic E-state index is 12.7. The Bertz CT molecular complexity index is 1640. The number of rotatable bonds is 6. The van der Waals surface area contributed by atoms with Crippen molar-refractivity contribution in [3.8, 4) is 5.75 Å². The summed E-state index contributed by atoms with van der Waals surface area (Å²) in [6.07, 6.45) is 0. The Hall–Kier alpha value is -1.92. The molecule has 0 atom stereocenters. The van der Waals surface area contributed by atoms with E-state index in [2.05, 4.69) is 20.5 Å². The van der Waals surface area contributed by atoms with E-state index in [1.165, 1.54) is 25.1 Å². The number of nitrogens with one attached hydrogen (secondary N) is 1. The molecule has 0 aromatic heterocycles. The Balaban J connectivity index is 0.00000342. The van der Waals surface area contributed by atoms with Gasteiger partial charge in [0, 0.05) is 18.0 Å². The average molecular weight is 566 g/mol. The van der Waals surface area contributed by atoms with E-state index in [0.29, 0.717) is 6.07 Å². The first-order chi connectivity index (χ1) is 16.2. The van der Waals surface area contributed by atoms with Gasteiger partial charge in [0.05, 0.1) is 10.6 Å². The maximum Gasteiger partial charge on any atom is 1.00 e. The third-order valence-electron chi connectivity index (χ3n) is 4.40. The van der Waals surface area contributed by atoms with E-state index in [1.807, 2.05) is 0 Å². The summed E-state index contributed by atoms with van der Waals surface area (Å²) in [6.45, 7) is 2.32. The smallest absolute Gasteiger partial charge is 0.872 e. The molecule has 0 aliphatic carbocycles. The summed E-state index contributed by atoms with van der Waals surface area (Å²) >= 11 is 0. The van der Waals surface area contributed by atoms with Gasteiger partial charge in [-0.05, 0) is 54.6 Å². The Morgan fingerprint density at radius 3 is 2.05 bits per heavy atom. The van der Waals surface area contributed by atoms with E-state index in [1.54, 1.807) is 0 Å². The summed E-state index contributed by atoms with van der Waals surface area (Å²) in [5, 5.41) is 34.1. The molecule has 0 saturated heterocycles. The van der Waals surface area contributed by atoms with Crippen LogP contribution in [0.5, 0.6) is 5.75 Å². The Morgan fingerprint density at radius 1 is 0.892 bits per heavy atom. The minimum absolute atomic E-state index is 0. The van der Waals surface area contributed by atoms with Crippen molar-refractivity contribution in [1.29, 1.82) is 0 Å². The second-order valence-corrected chi connectivity index (χ2v) is 9.91. The van der Waals surface area contributed by atoms with Gasteiger partial charge in [-0.2, -0.15) is 16.8 Å². The number of hydrogen-bond acceptors (Lipinski definition) is 10. The number of azo groups is 1. The molecule has 37 heavy (non-hydrogen) atoms. The van der Waals surface area contributed by atoms with Crippen LogP contribution in [0.3, 0.4) is 0 Å². The number of aliphatic imine (C=N–C) groups is 1. The molecule has 3 aromatic carbocycles. The molecule has 0 heterocycles. The van der Waals surface area contributed by atoms with Crippen molar-refractivity contribution in [3.05, 3.63) is 42.5 Å². The summed E-state index contributed by atoms with van der Waals surface area (Å²) in [7, 11) is -9.54. The van der Waals surface area contributed by atoms with Gasteiger partial charge in [0.15, 0.2) is 0 Å². The summed E-state index contributed by atoms with van der Waals surface area (Å²) in [5.41, 5.74) is -0.763. The van der Waals surface area contributed by atoms with E-state index >= 15 is 0 Å². The maximum absolute atomic E-state index is 12.7. The second-order valence-electron chi connectivity index (χ2n) is 7.10. The van der Waals surface area contributed by atoms with Gasteiger partial charge in [-0.25, -0.2) is 0 Å². The van der Waals surface area contributed by atoms with Gasteiger partial charge in [0.2, 0.25) is 5.91 Å². The van der Waals surface area contributed by atoms with Gasteiger partial charge in [0.1, 0.15) is 16.3 Å². The van der Waals surface area contributed by atoms with Crippen LogP contribution < -0.4 is 74.6 Å². The number of carbonyl (C=O) groups is 1. The molecule has 3 N–H and O–H groups in total. The van der Waals surface area contributed by atoms with E-state index < -0.39 is 47.6 Å². The standard InChI is InChI=1S/C20H18N4O9S2.2Na/c1-10(25)21-13-4-6-15(18(8-13)35(31,32)33)23-24-20-16(22-11(2)26)5-3-12-7-14(34(28,29)30)9-17(27)19(12)20;;/h3-9,27H,1-2H3,(H,21,25)(H,22,26)(H,28,29,30)(H,31,32,33);;/q;2*+1/p-2. The molecule has 1 amide bonds. The molecule has 0 fully saturated rings. The van der Waals surface area contributed by atoms with Crippen LogP contribution in [-0.2, 0) is 25.0 Å². The molecule has 0 radical (unpaired) electrons. The zero-order chi connectivity index (χ0) is 26.1. The first-order valence-corrected chi connectivity index (χ1v) is 12.3. The molecular formula is C20H16N4Na2O9S2. The molecule has 0 spiro atoms. The van der Waals surface area contributed by atoms with Crippen LogP contribution in [0.2, 0.25) is 0 Å². The van der Waals surface area contributed by atoms with Crippen LogP contribution in [-0.4, -0.2) is 37.7 Å². The van der Waals surface area contributed by atoms with Crippen molar-refractivity contribution in [2.45, 2.75) is 23.6 Å². The van der Waals surface area contributed by atoms with Gasteiger partial charge in [-0.1, -0.05) is 11.8 Å². The van der Waals surface area contributed by atoms with Gasteiger partial charge in [-0.3, -0.25) is 18.9 Å². The van der Waals surface area contributed by atoms with Crippen LogP contribution in [0.15, 0.2) is 67.5 Å². The first kappa shape index (κ1) is 33.1. The molecule has 0 unspecified atom stereocenters. The van der Waals surface area contributed by atoms with Crippen molar-refractivity contribution in [2.75, 3.05) is 5.32 Å². The number of benzene rings is 3. The summed E-state index contributed by atoms with van der Waals surface area (Å²) in [5.74, 6) is -2.07. The zero-order valence-corrected chi connectivity index (χ0v) is 25.6. The number of fused-ring (bicyclic) bond motifs is 1. The van der Waals surface area contributed by atoms with E-state index in [0.717, 1.165) is 25.1 Å². The van der Waals surface area contributed by atoms with Crippen LogP contribution in [0.4, 0.5) is 22.7 Å². The largest absolute Gasteiger partial charge is 1.00 e. The molecule has 0 bridgehead atoms.